The first kappa shape index (κ1) is 16.8. The lowest BCUT2D eigenvalue weighted by molar-refractivity contribution is 0.557. The van der Waals surface area contributed by atoms with Crippen molar-refractivity contribution < 1.29 is 4.43 Å². The van der Waals surface area contributed by atoms with E-state index in [9.17, 15) is 0 Å². The van der Waals surface area contributed by atoms with Gasteiger partial charge in [0, 0.05) is 0 Å². The number of hydrogen-bond donors (Lipinski definition) is 0. The van der Waals surface area contributed by atoms with Crippen molar-refractivity contribution in [3.63, 3.8) is 0 Å². The zero-order valence-electron chi connectivity index (χ0n) is 14.7. The molecule has 0 N–H and O–H groups in total. The summed E-state index contributed by atoms with van der Waals surface area (Å²) in [6.45, 7) is 6.65. The molecule has 0 spiro atoms. The maximum atomic E-state index is 6.12. The van der Waals surface area contributed by atoms with Gasteiger partial charge in [0.15, 0.2) is 14.7 Å². The Morgan fingerprint density at radius 2 is 1.24 bits per heavy atom. The van der Waals surface area contributed by atoms with Crippen molar-refractivity contribution in [3.05, 3.63) is 72.8 Å². The third-order valence-electron chi connectivity index (χ3n) is 3.84. The van der Waals surface area contributed by atoms with Gasteiger partial charge < -0.3 is 4.43 Å². The summed E-state index contributed by atoms with van der Waals surface area (Å²) in [5, 5.41) is 0. The summed E-state index contributed by atoms with van der Waals surface area (Å²) in [6, 6.07) is 26.3. The molecule has 0 aliphatic carbocycles. The Labute approximate surface area is 157 Å². The number of rotatable bonds is 3. The molecule has 1 aliphatic heterocycles. The van der Waals surface area contributed by atoms with Gasteiger partial charge in [-0.15, -0.1) is 0 Å². The minimum atomic E-state index is -1.57. The predicted octanol–water partition coefficient (Wildman–Crippen LogP) is 6.46. The van der Waals surface area contributed by atoms with Gasteiger partial charge in [0.05, 0.1) is 9.79 Å². The van der Waals surface area contributed by atoms with E-state index in [0.717, 1.165) is 5.75 Å². The van der Waals surface area contributed by atoms with Gasteiger partial charge in [-0.05, 0) is 68.2 Å². The first-order valence-corrected chi connectivity index (χ1v) is 13.9. The highest BCUT2D eigenvalue weighted by atomic mass is 32.2. The van der Waals surface area contributed by atoms with Crippen LogP contribution in [0.5, 0.6) is 5.75 Å². The molecule has 1 heterocycles. The second kappa shape index (κ2) is 6.59. The summed E-state index contributed by atoms with van der Waals surface area (Å²) in [5.41, 5.74) is 0. The fraction of sp³-hybridized carbons (Fsp3) is 0.143. The van der Waals surface area contributed by atoms with Crippen LogP contribution in [0.1, 0.15) is 0 Å². The van der Waals surface area contributed by atoms with E-state index in [4.69, 9.17) is 4.43 Å². The van der Waals surface area contributed by atoms with Gasteiger partial charge in [-0.3, -0.25) is 0 Å². The molecule has 4 heteroatoms. The average molecular weight is 382 g/mol. The van der Waals surface area contributed by atoms with Crippen LogP contribution in [-0.2, 0) is 10.9 Å². The largest absolute Gasteiger partial charge is 0.544 e. The minimum Gasteiger partial charge on any atom is -0.544 e. The van der Waals surface area contributed by atoms with Crippen molar-refractivity contribution in [2.24, 2.45) is 0 Å². The molecule has 0 saturated heterocycles. The monoisotopic (exact) mass is 381 g/mol. The molecule has 126 valence electrons. The van der Waals surface area contributed by atoms with Gasteiger partial charge >= 0.3 is 0 Å². The van der Waals surface area contributed by atoms with Crippen molar-refractivity contribution in [3.8, 4) is 5.75 Å². The van der Waals surface area contributed by atoms with Crippen LogP contribution in [0.2, 0.25) is 19.6 Å². The molecule has 0 fully saturated rings. The highest BCUT2D eigenvalue weighted by molar-refractivity contribution is 8.04. The number of fused-ring (bicyclic) bond motifs is 2. The van der Waals surface area contributed by atoms with Gasteiger partial charge in [-0.1, -0.05) is 36.0 Å². The lowest BCUT2D eigenvalue weighted by atomic mass is 10.3. The Bertz CT molecular complexity index is 855. The molecular weight excluding hydrogens is 360 g/mol. The Kier molecular flexibility index (Phi) is 4.44. The fourth-order valence-corrected chi connectivity index (χ4v) is 7.48. The van der Waals surface area contributed by atoms with Crippen LogP contribution in [0.3, 0.4) is 0 Å². The molecule has 1 nitrogen and oxygen atoms in total. The van der Waals surface area contributed by atoms with Gasteiger partial charge in [-0.25, -0.2) is 0 Å². The molecule has 1 aliphatic rings. The van der Waals surface area contributed by atoms with Crippen LogP contribution >= 0.6 is 11.8 Å². The Balaban J connectivity index is 1.77. The molecule has 0 saturated carbocycles. The van der Waals surface area contributed by atoms with Gasteiger partial charge in [-0.2, -0.15) is 0 Å². The number of benzene rings is 3. The summed E-state index contributed by atoms with van der Waals surface area (Å²) in [5.74, 6) is 0.986. The second-order valence-corrected chi connectivity index (χ2v) is 14.5. The van der Waals surface area contributed by atoms with E-state index in [0.29, 0.717) is 0 Å². The molecular formula is C21H21OS2Si+. The molecule has 0 unspecified atom stereocenters. The van der Waals surface area contributed by atoms with Crippen molar-refractivity contribution in [2.45, 2.75) is 44.1 Å². The number of hydrogen-bond acceptors (Lipinski definition) is 2. The Morgan fingerprint density at radius 1 is 0.720 bits per heavy atom. The third-order valence-corrected chi connectivity index (χ3v) is 8.44. The minimum absolute atomic E-state index is 0.0544. The summed E-state index contributed by atoms with van der Waals surface area (Å²) < 4.78 is 6.12. The van der Waals surface area contributed by atoms with Crippen LogP contribution in [0.25, 0.3) is 0 Å². The molecule has 0 aromatic heterocycles. The smallest absolute Gasteiger partial charge is 0.242 e. The summed E-state index contributed by atoms with van der Waals surface area (Å²) in [6.07, 6.45) is 0. The van der Waals surface area contributed by atoms with Crippen LogP contribution in [0, 0.1) is 0 Å². The Morgan fingerprint density at radius 3 is 1.76 bits per heavy atom. The topological polar surface area (TPSA) is 9.23 Å². The molecule has 0 bridgehead atoms. The normalized spacial score (nSPS) is 13.9. The van der Waals surface area contributed by atoms with Crippen LogP contribution < -0.4 is 4.43 Å². The van der Waals surface area contributed by atoms with Crippen LogP contribution in [0.4, 0.5) is 0 Å². The standard InChI is InChI=1S/C21H21OS2Si/c1-25(2,3)22-16-12-14-17(15-13-16)24-20-10-6-4-8-18(20)23-19-9-5-7-11-21(19)24/h4-15H,1-3H3/q+1. The third kappa shape index (κ3) is 3.52. The molecule has 0 atom stereocenters. The quantitative estimate of drug-likeness (QED) is 0.297. The van der Waals surface area contributed by atoms with Crippen molar-refractivity contribution in [1.82, 2.24) is 0 Å². The molecule has 3 aromatic carbocycles. The lowest BCUT2D eigenvalue weighted by Crippen LogP contribution is -2.29. The lowest BCUT2D eigenvalue weighted by Gasteiger charge is -2.20. The van der Waals surface area contributed by atoms with Crippen molar-refractivity contribution >= 4 is 31.0 Å². The van der Waals surface area contributed by atoms with E-state index < -0.39 is 8.32 Å². The summed E-state index contributed by atoms with van der Waals surface area (Å²) >= 11 is 1.88. The molecule has 0 radical (unpaired) electrons. The van der Waals surface area contributed by atoms with E-state index in [2.05, 4.69) is 92.4 Å². The van der Waals surface area contributed by atoms with Crippen molar-refractivity contribution in [2.75, 3.05) is 0 Å². The zero-order chi connectivity index (χ0) is 17.4. The SMILES string of the molecule is C[Si](C)(C)Oc1ccc([S+]2c3ccccc3Sc3ccccc32)cc1. The maximum Gasteiger partial charge on any atom is 0.242 e. The second-order valence-electron chi connectivity index (χ2n) is 6.99. The zero-order valence-corrected chi connectivity index (χ0v) is 17.3. The van der Waals surface area contributed by atoms with E-state index in [1.807, 2.05) is 11.8 Å². The van der Waals surface area contributed by atoms with Crippen molar-refractivity contribution in [1.29, 1.82) is 0 Å². The molecule has 25 heavy (non-hydrogen) atoms. The fourth-order valence-electron chi connectivity index (χ4n) is 2.89. The van der Waals surface area contributed by atoms with Crippen LogP contribution in [-0.4, -0.2) is 8.32 Å². The Hall–Kier alpha value is -1.62. The highest BCUT2D eigenvalue weighted by Crippen LogP contribution is 2.48. The van der Waals surface area contributed by atoms with Gasteiger partial charge in [0.2, 0.25) is 8.32 Å². The first-order valence-electron chi connectivity index (χ1n) is 8.40. The van der Waals surface area contributed by atoms with E-state index in [1.54, 1.807) is 0 Å². The maximum absolute atomic E-state index is 6.12. The van der Waals surface area contributed by atoms with E-state index in [1.165, 1.54) is 24.5 Å². The highest BCUT2D eigenvalue weighted by Gasteiger charge is 2.37. The van der Waals surface area contributed by atoms with E-state index >= 15 is 0 Å². The van der Waals surface area contributed by atoms with Crippen LogP contribution in [0.15, 0.2) is 97.3 Å². The predicted molar refractivity (Wildman–Crippen MR) is 110 cm³/mol. The van der Waals surface area contributed by atoms with E-state index in [-0.39, 0.29) is 10.9 Å². The molecule has 0 amide bonds. The van der Waals surface area contributed by atoms with Gasteiger partial charge in [0.1, 0.15) is 16.6 Å². The molecule has 3 aromatic rings. The summed E-state index contributed by atoms with van der Waals surface area (Å²) in [7, 11) is -1.63. The summed E-state index contributed by atoms with van der Waals surface area (Å²) in [4.78, 5) is 6.93. The first-order chi connectivity index (χ1) is 12.0. The average Bonchev–Trinajstić information content (AvgIpc) is 2.59. The van der Waals surface area contributed by atoms with Gasteiger partial charge in [0.25, 0.3) is 0 Å². The molecule has 4 rings (SSSR count).